The largest absolute Gasteiger partial charge is 0.461 e. The van der Waals surface area contributed by atoms with Gasteiger partial charge in [-0.1, -0.05) is 5.16 Å². The number of amides is 1. The van der Waals surface area contributed by atoms with E-state index in [4.69, 9.17) is 8.94 Å². The first-order chi connectivity index (χ1) is 10.8. The Morgan fingerprint density at radius 2 is 2.17 bits per heavy atom. The van der Waals surface area contributed by atoms with E-state index in [2.05, 4.69) is 10.5 Å². The smallest absolute Gasteiger partial charge is 0.401 e. The van der Waals surface area contributed by atoms with Crippen molar-refractivity contribution in [1.82, 2.24) is 15.4 Å². The molecule has 0 saturated carbocycles. The number of aromatic nitrogens is 1. The molecule has 0 aliphatic rings. The van der Waals surface area contributed by atoms with Gasteiger partial charge in [-0.3, -0.25) is 9.69 Å². The zero-order chi connectivity index (χ0) is 16.9. The SMILES string of the molecule is CN(CCCNC(=O)c1cc(-c2ccco2)on1)CC(F)(F)F. The van der Waals surface area contributed by atoms with Crippen LogP contribution in [0, 0.1) is 0 Å². The first-order valence-corrected chi connectivity index (χ1v) is 6.89. The van der Waals surface area contributed by atoms with E-state index in [1.165, 1.54) is 19.4 Å². The monoisotopic (exact) mass is 331 g/mol. The molecule has 2 heterocycles. The lowest BCUT2D eigenvalue weighted by Gasteiger charge is -2.18. The number of carbonyl (C=O) groups is 1. The van der Waals surface area contributed by atoms with E-state index in [1.54, 1.807) is 12.1 Å². The maximum atomic E-state index is 12.1. The predicted octanol–water partition coefficient (Wildman–Crippen LogP) is 2.55. The molecule has 0 spiro atoms. The molecule has 1 amide bonds. The average Bonchev–Trinajstić information content (AvgIpc) is 3.10. The second kappa shape index (κ2) is 7.32. The fraction of sp³-hybridized carbons (Fsp3) is 0.429. The lowest BCUT2D eigenvalue weighted by atomic mass is 10.3. The molecule has 2 aromatic rings. The van der Waals surface area contributed by atoms with Gasteiger partial charge in [-0.2, -0.15) is 13.2 Å². The molecule has 0 fully saturated rings. The zero-order valence-corrected chi connectivity index (χ0v) is 12.4. The highest BCUT2D eigenvalue weighted by Gasteiger charge is 2.28. The molecule has 0 atom stereocenters. The number of alkyl halides is 3. The molecular weight excluding hydrogens is 315 g/mol. The van der Waals surface area contributed by atoms with Crippen molar-refractivity contribution in [3.63, 3.8) is 0 Å². The van der Waals surface area contributed by atoms with Crippen molar-refractivity contribution in [2.24, 2.45) is 0 Å². The van der Waals surface area contributed by atoms with E-state index in [1.807, 2.05) is 0 Å². The molecule has 0 radical (unpaired) electrons. The third-order valence-corrected chi connectivity index (χ3v) is 2.96. The Balaban J connectivity index is 1.73. The summed E-state index contributed by atoms with van der Waals surface area (Å²) in [5.41, 5.74) is 0.0834. The van der Waals surface area contributed by atoms with Crippen molar-refractivity contribution in [2.45, 2.75) is 12.6 Å². The lowest BCUT2D eigenvalue weighted by Crippen LogP contribution is -2.33. The Labute approximate surface area is 130 Å². The maximum absolute atomic E-state index is 12.1. The minimum atomic E-state index is -4.22. The van der Waals surface area contributed by atoms with Crippen molar-refractivity contribution in [3.8, 4) is 11.5 Å². The molecule has 0 aromatic carbocycles. The van der Waals surface area contributed by atoms with Gasteiger partial charge in [-0.25, -0.2) is 0 Å². The molecular formula is C14H16F3N3O3. The molecule has 0 aliphatic heterocycles. The number of nitrogens with zero attached hydrogens (tertiary/aromatic N) is 2. The average molecular weight is 331 g/mol. The van der Waals surface area contributed by atoms with Gasteiger partial charge >= 0.3 is 6.18 Å². The number of hydrogen-bond donors (Lipinski definition) is 1. The van der Waals surface area contributed by atoms with Crippen molar-refractivity contribution in [3.05, 3.63) is 30.2 Å². The number of halogens is 3. The highest BCUT2D eigenvalue weighted by atomic mass is 19.4. The van der Waals surface area contributed by atoms with E-state index in [0.29, 0.717) is 17.9 Å². The molecule has 0 aliphatic carbocycles. The van der Waals surface area contributed by atoms with Crippen molar-refractivity contribution < 1.29 is 26.9 Å². The highest BCUT2D eigenvalue weighted by molar-refractivity contribution is 5.92. The summed E-state index contributed by atoms with van der Waals surface area (Å²) in [6, 6.07) is 4.78. The fourth-order valence-corrected chi connectivity index (χ4v) is 1.94. The molecule has 126 valence electrons. The fourth-order valence-electron chi connectivity index (χ4n) is 1.94. The van der Waals surface area contributed by atoms with Gasteiger partial charge in [0.2, 0.25) is 5.76 Å². The van der Waals surface area contributed by atoms with Crippen LogP contribution in [-0.2, 0) is 0 Å². The Morgan fingerprint density at radius 1 is 1.39 bits per heavy atom. The van der Waals surface area contributed by atoms with E-state index in [9.17, 15) is 18.0 Å². The van der Waals surface area contributed by atoms with Gasteiger partial charge < -0.3 is 14.3 Å². The second-order valence-corrected chi connectivity index (χ2v) is 5.02. The van der Waals surface area contributed by atoms with Gasteiger partial charge in [0.25, 0.3) is 5.91 Å². The minimum Gasteiger partial charge on any atom is -0.461 e. The van der Waals surface area contributed by atoms with E-state index in [-0.39, 0.29) is 18.8 Å². The summed E-state index contributed by atoms with van der Waals surface area (Å²) in [5.74, 6) is 0.320. The third-order valence-electron chi connectivity index (χ3n) is 2.96. The molecule has 0 bridgehead atoms. The maximum Gasteiger partial charge on any atom is 0.401 e. The predicted molar refractivity (Wildman–Crippen MR) is 74.7 cm³/mol. The summed E-state index contributed by atoms with van der Waals surface area (Å²) in [6.07, 6.45) is -2.36. The zero-order valence-electron chi connectivity index (χ0n) is 12.4. The first-order valence-electron chi connectivity index (χ1n) is 6.89. The Hall–Kier alpha value is -2.29. The van der Waals surface area contributed by atoms with Crippen LogP contribution >= 0.6 is 0 Å². The molecule has 1 N–H and O–H groups in total. The van der Waals surface area contributed by atoms with E-state index < -0.39 is 18.6 Å². The van der Waals surface area contributed by atoms with Crippen LogP contribution in [0.15, 0.2) is 33.4 Å². The Kier molecular flexibility index (Phi) is 5.43. The highest BCUT2D eigenvalue weighted by Crippen LogP contribution is 2.20. The first kappa shape index (κ1) is 17.1. The van der Waals surface area contributed by atoms with Gasteiger partial charge in [-0.05, 0) is 32.1 Å². The summed E-state index contributed by atoms with van der Waals surface area (Å²) >= 11 is 0. The molecule has 23 heavy (non-hydrogen) atoms. The number of rotatable bonds is 7. The summed E-state index contributed by atoms with van der Waals surface area (Å²) in [6.45, 7) is -0.517. The van der Waals surface area contributed by atoms with Crippen LogP contribution in [-0.4, -0.2) is 48.8 Å². The van der Waals surface area contributed by atoms with E-state index >= 15 is 0 Å². The summed E-state index contributed by atoms with van der Waals surface area (Å²) in [4.78, 5) is 13.0. The van der Waals surface area contributed by atoms with Crippen LogP contribution in [0.5, 0.6) is 0 Å². The van der Waals surface area contributed by atoms with Crippen LogP contribution < -0.4 is 5.32 Å². The van der Waals surface area contributed by atoms with Gasteiger partial charge in [-0.15, -0.1) is 0 Å². The quantitative estimate of drug-likeness (QED) is 0.790. The van der Waals surface area contributed by atoms with Crippen molar-refractivity contribution in [2.75, 3.05) is 26.7 Å². The number of carbonyl (C=O) groups excluding carboxylic acids is 1. The molecule has 0 saturated heterocycles. The standard InChI is InChI=1S/C14H16F3N3O3/c1-20(9-14(15,16)17)6-3-5-18-13(21)10-8-12(23-19-10)11-4-2-7-22-11/h2,4,7-8H,3,5-6,9H2,1H3,(H,18,21). The van der Waals surface area contributed by atoms with Gasteiger partial charge in [0.1, 0.15) is 0 Å². The third kappa shape index (κ3) is 5.44. The minimum absolute atomic E-state index is 0.0834. The van der Waals surface area contributed by atoms with Crippen LogP contribution in [0.1, 0.15) is 16.9 Å². The van der Waals surface area contributed by atoms with Crippen LogP contribution in [0.3, 0.4) is 0 Å². The van der Waals surface area contributed by atoms with Gasteiger partial charge in [0, 0.05) is 12.6 Å². The topological polar surface area (TPSA) is 71.5 Å². The van der Waals surface area contributed by atoms with Crippen molar-refractivity contribution in [1.29, 1.82) is 0 Å². The Morgan fingerprint density at radius 3 is 2.83 bits per heavy atom. The number of furan rings is 1. The van der Waals surface area contributed by atoms with Crippen LogP contribution in [0.2, 0.25) is 0 Å². The van der Waals surface area contributed by atoms with Crippen LogP contribution in [0.25, 0.3) is 11.5 Å². The Bertz CT molecular complexity index is 623. The van der Waals surface area contributed by atoms with Gasteiger partial charge in [0.05, 0.1) is 12.8 Å². The molecule has 9 heteroatoms. The normalized spacial score (nSPS) is 11.9. The molecule has 0 unspecified atom stereocenters. The molecule has 6 nitrogen and oxygen atoms in total. The van der Waals surface area contributed by atoms with E-state index in [0.717, 1.165) is 4.90 Å². The van der Waals surface area contributed by atoms with Crippen molar-refractivity contribution >= 4 is 5.91 Å². The van der Waals surface area contributed by atoms with Crippen LogP contribution in [0.4, 0.5) is 13.2 Å². The summed E-state index contributed by atoms with van der Waals surface area (Å²) in [7, 11) is 1.38. The molecule has 2 rings (SSSR count). The number of nitrogens with one attached hydrogen (secondary N) is 1. The molecule has 2 aromatic heterocycles. The summed E-state index contributed by atoms with van der Waals surface area (Å²) in [5, 5.41) is 6.20. The number of hydrogen-bond acceptors (Lipinski definition) is 5. The summed E-state index contributed by atoms with van der Waals surface area (Å²) < 4.78 is 46.5. The van der Waals surface area contributed by atoms with Gasteiger partial charge in [0.15, 0.2) is 11.5 Å². The second-order valence-electron chi connectivity index (χ2n) is 5.02. The lowest BCUT2D eigenvalue weighted by molar-refractivity contribution is -0.143.